The molecule has 1 fully saturated rings. The van der Waals surface area contributed by atoms with E-state index < -0.39 is 5.97 Å². The maximum atomic E-state index is 11.5. The van der Waals surface area contributed by atoms with Gasteiger partial charge >= 0.3 is 5.97 Å². The van der Waals surface area contributed by atoms with Crippen LogP contribution in [0, 0.1) is 0 Å². The zero-order chi connectivity index (χ0) is 11.4. The molecular weight excluding hydrogens is 210 g/mol. The second-order valence-electron chi connectivity index (χ2n) is 3.79. The van der Waals surface area contributed by atoms with Crippen LogP contribution in [0.1, 0.15) is 29.8 Å². The van der Waals surface area contributed by atoms with Crippen LogP contribution < -0.4 is 5.73 Å². The van der Waals surface area contributed by atoms with Crippen molar-refractivity contribution in [3.05, 3.63) is 11.9 Å². The number of nitrogens with zero attached hydrogens (tertiary/aromatic N) is 1. The summed E-state index contributed by atoms with van der Waals surface area (Å²) in [5, 5.41) is 6.16. The van der Waals surface area contributed by atoms with Crippen LogP contribution in [-0.2, 0) is 9.47 Å². The van der Waals surface area contributed by atoms with Crippen LogP contribution in [0.3, 0.4) is 0 Å². The van der Waals surface area contributed by atoms with Crippen LogP contribution in [-0.4, -0.2) is 35.5 Å². The third-order valence-electron chi connectivity index (χ3n) is 2.55. The molecule has 6 heteroatoms. The smallest absolute Gasteiger partial charge is 0.358 e. The van der Waals surface area contributed by atoms with Crippen molar-refractivity contribution in [2.24, 2.45) is 0 Å². The molecule has 0 spiro atoms. The zero-order valence-corrected chi connectivity index (χ0v) is 8.94. The van der Waals surface area contributed by atoms with E-state index in [9.17, 15) is 4.79 Å². The zero-order valence-electron chi connectivity index (χ0n) is 8.94. The van der Waals surface area contributed by atoms with Gasteiger partial charge in [-0.25, -0.2) is 4.79 Å². The van der Waals surface area contributed by atoms with E-state index in [4.69, 9.17) is 15.2 Å². The minimum atomic E-state index is -0.482. The van der Waals surface area contributed by atoms with E-state index in [2.05, 4.69) is 10.2 Å². The summed E-state index contributed by atoms with van der Waals surface area (Å²) >= 11 is 0. The van der Waals surface area contributed by atoms with Crippen LogP contribution in [0.15, 0.2) is 6.20 Å². The number of carbonyl (C=O) groups excluding carboxylic acids is 1. The standard InChI is InChI=1S/C10H15N3O3/c11-8-5-12-13-9(8)10(14)16-6-7-3-1-2-4-15-7/h5,7H,1-4,6,11H2,(H,12,13). The summed E-state index contributed by atoms with van der Waals surface area (Å²) in [7, 11) is 0. The van der Waals surface area contributed by atoms with Crippen molar-refractivity contribution in [2.45, 2.75) is 25.4 Å². The van der Waals surface area contributed by atoms with E-state index >= 15 is 0 Å². The molecule has 3 N–H and O–H groups in total. The second kappa shape index (κ2) is 4.98. The Morgan fingerprint density at radius 1 is 1.69 bits per heavy atom. The molecule has 2 rings (SSSR count). The average Bonchev–Trinajstić information content (AvgIpc) is 2.74. The van der Waals surface area contributed by atoms with Gasteiger partial charge in [0.25, 0.3) is 0 Å². The summed E-state index contributed by atoms with van der Waals surface area (Å²) < 4.78 is 10.5. The molecular formula is C10H15N3O3. The highest BCUT2D eigenvalue weighted by Gasteiger charge is 2.18. The first kappa shape index (κ1) is 10.9. The van der Waals surface area contributed by atoms with Gasteiger partial charge < -0.3 is 15.2 Å². The summed E-state index contributed by atoms with van der Waals surface area (Å²) in [5.41, 5.74) is 6.03. The van der Waals surface area contributed by atoms with Crippen LogP contribution >= 0.6 is 0 Å². The number of hydrogen-bond donors (Lipinski definition) is 2. The Bertz CT molecular complexity index is 358. The molecule has 88 valence electrons. The van der Waals surface area contributed by atoms with Crippen molar-refractivity contribution in [1.29, 1.82) is 0 Å². The van der Waals surface area contributed by atoms with Crippen LogP contribution in [0.5, 0.6) is 0 Å². The number of aromatic nitrogens is 2. The molecule has 1 aromatic rings. The molecule has 0 radical (unpaired) electrons. The van der Waals surface area contributed by atoms with Gasteiger partial charge in [0.05, 0.1) is 18.0 Å². The highest BCUT2D eigenvalue weighted by Crippen LogP contribution is 2.14. The lowest BCUT2D eigenvalue weighted by Crippen LogP contribution is -2.26. The molecule has 0 bridgehead atoms. The number of carbonyl (C=O) groups is 1. The third kappa shape index (κ3) is 2.52. The number of H-pyrrole nitrogens is 1. The number of nitrogens with one attached hydrogen (secondary N) is 1. The van der Waals surface area contributed by atoms with Gasteiger partial charge in [0.1, 0.15) is 6.61 Å². The van der Waals surface area contributed by atoms with Crippen molar-refractivity contribution in [2.75, 3.05) is 18.9 Å². The van der Waals surface area contributed by atoms with Gasteiger partial charge in [-0.2, -0.15) is 5.10 Å². The van der Waals surface area contributed by atoms with Gasteiger partial charge in [0, 0.05) is 6.61 Å². The minimum absolute atomic E-state index is 0.0156. The molecule has 1 unspecified atom stereocenters. The van der Waals surface area contributed by atoms with E-state index in [0.29, 0.717) is 5.69 Å². The van der Waals surface area contributed by atoms with Gasteiger partial charge in [-0.15, -0.1) is 0 Å². The normalized spacial score (nSPS) is 20.6. The molecule has 2 heterocycles. The topological polar surface area (TPSA) is 90.2 Å². The quantitative estimate of drug-likeness (QED) is 0.739. The Balaban J connectivity index is 1.81. The molecule has 1 aromatic heterocycles. The predicted molar refractivity (Wildman–Crippen MR) is 56.9 cm³/mol. The highest BCUT2D eigenvalue weighted by atomic mass is 16.6. The second-order valence-corrected chi connectivity index (χ2v) is 3.79. The summed E-state index contributed by atoms with van der Waals surface area (Å²) in [4.78, 5) is 11.5. The fourth-order valence-electron chi connectivity index (χ4n) is 1.64. The molecule has 1 atom stereocenters. The Morgan fingerprint density at radius 2 is 2.56 bits per heavy atom. The van der Waals surface area contributed by atoms with Crippen molar-refractivity contribution in [3.8, 4) is 0 Å². The SMILES string of the molecule is Nc1cn[nH]c1C(=O)OCC1CCCCO1. The van der Waals surface area contributed by atoms with Crippen molar-refractivity contribution >= 4 is 11.7 Å². The third-order valence-corrected chi connectivity index (χ3v) is 2.55. The molecule has 6 nitrogen and oxygen atoms in total. The first-order valence-corrected chi connectivity index (χ1v) is 5.35. The van der Waals surface area contributed by atoms with Crippen LogP contribution in [0.25, 0.3) is 0 Å². The van der Waals surface area contributed by atoms with Crippen molar-refractivity contribution in [3.63, 3.8) is 0 Å². The summed E-state index contributed by atoms with van der Waals surface area (Å²) in [6.45, 7) is 1.02. The maximum absolute atomic E-state index is 11.5. The highest BCUT2D eigenvalue weighted by molar-refractivity contribution is 5.92. The number of hydrogen-bond acceptors (Lipinski definition) is 5. The number of nitrogens with two attached hydrogens (primary N) is 1. The van der Waals surface area contributed by atoms with E-state index in [0.717, 1.165) is 25.9 Å². The number of ether oxygens (including phenoxy) is 2. The van der Waals surface area contributed by atoms with Gasteiger partial charge in [-0.3, -0.25) is 5.10 Å². The van der Waals surface area contributed by atoms with Gasteiger partial charge in [0.2, 0.25) is 0 Å². The van der Waals surface area contributed by atoms with E-state index in [1.54, 1.807) is 0 Å². The average molecular weight is 225 g/mol. The Labute approximate surface area is 93.1 Å². The monoisotopic (exact) mass is 225 g/mol. The number of nitrogen functional groups attached to an aromatic ring is 1. The summed E-state index contributed by atoms with van der Waals surface area (Å²) in [6.07, 6.45) is 4.54. The van der Waals surface area contributed by atoms with E-state index in [1.807, 2.05) is 0 Å². The maximum Gasteiger partial charge on any atom is 0.358 e. The molecule has 0 aromatic carbocycles. The van der Waals surface area contributed by atoms with Crippen molar-refractivity contribution < 1.29 is 14.3 Å². The molecule has 0 aliphatic carbocycles. The predicted octanol–water partition coefficient (Wildman–Crippen LogP) is 0.718. The molecule has 0 amide bonds. The lowest BCUT2D eigenvalue weighted by Gasteiger charge is -2.21. The first-order chi connectivity index (χ1) is 7.77. The Morgan fingerprint density at radius 3 is 3.19 bits per heavy atom. The number of anilines is 1. The Kier molecular flexibility index (Phi) is 3.40. The van der Waals surface area contributed by atoms with Crippen LogP contribution in [0.4, 0.5) is 5.69 Å². The molecule has 0 saturated carbocycles. The van der Waals surface area contributed by atoms with Crippen molar-refractivity contribution in [1.82, 2.24) is 10.2 Å². The first-order valence-electron chi connectivity index (χ1n) is 5.35. The minimum Gasteiger partial charge on any atom is -0.458 e. The Hall–Kier alpha value is -1.56. The molecule has 16 heavy (non-hydrogen) atoms. The van der Waals surface area contributed by atoms with E-state index in [-0.39, 0.29) is 18.4 Å². The molecule has 1 aliphatic rings. The number of aromatic amines is 1. The van der Waals surface area contributed by atoms with Gasteiger partial charge in [0.15, 0.2) is 5.69 Å². The number of rotatable bonds is 3. The lowest BCUT2D eigenvalue weighted by atomic mass is 10.1. The van der Waals surface area contributed by atoms with Gasteiger partial charge in [-0.05, 0) is 19.3 Å². The van der Waals surface area contributed by atoms with E-state index in [1.165, 1.54) is 6.20 Å². The summed E-state index contributed by atoms with van der Waals surface area (Å²) in [6, 6.07) is 0. The van der Waals surface area contributed by atoms with Crippen LogP contribution in [0.2, 0.25) is 0 Å². The number of esters is 1. The lowest BCUT2D eigenvalue weighted by molar-refractivity contribution is -0.0302. The van der Waals surface area contributed by atoms with Gasteiger partial charge in [-0.1, -0.05) is 0 Å². The summed E-state index contributed by atoms with van der Waals surface area (Å²) in [5.74, 6) is -0.482. The molecule has 1 saturated heterocycles. The fourth-order valence-corrected chi connectivity index (χ4v) is 1.64. The fraction of sp³-hybridized carbons (Fsp3) is 0.600. The molecule has 1 aliphatic heterocycles. The largest absolute Gasteiger partial charge is 0.458 e.